The summed E-state index contributed by atoms with van der Waals surface area (Å²) in [5.41, 5.74) is 6.01. The second-order valence-electron chi connectivity index (χ2n) is 8.36. The average molecular weight is 425 g/mol. The Morgan fingerprint density at radius 3 is 2.11 bits per heavy atom. The van der Waals surface area contributed by atoms with Gasteiger partial charge in [-0.2, -0.15) is 0 Å². The molecule has 1 saturated heterocycles. The standard InChI is InChI=1S/C19H36N4O2.2ClH/c1-14(2)12-17(20)19(25)23-10-8-22(9-11-23)13-18(24)21-16-6-4-15(3)5-7-16;;/h14-17H,4-13,20H2,1-3H3,(H,21,24);2*1H/t15?,16?,17-;;/m0../s1. The summed E-state index contributed by atoms with van der Waals surface area (Å²) in [5, 5.41) is 3.18. The number of amides is 2. The van der Waals surface area contributed by atoms with Crippen LogP contribution in [0.5, 0.6) is 0 Å². The Labute approximate surface area is 176 Å². The van der Waals surface area contributed by atoms with Crippen LogP contribution >= 0.6 is 24.8 Å². The van der Waals surface area contributed by atoms with Crippen molar-refractivity contribution in [3.8, 4) is 0 Å². The van der Waals surface area contributed by atoms with Crippen LogP contribution in [0.1, 0.15) is 52.9 Å². The number of nitrogens with one attached hydrogen (secondary N) is 1. The molecule has 160 valence electrons. The van der Waals surface area contributed by atoms with Crippen molar-refractivity contribution in [1.29, 1.82) is 0 Å². The summed E-state index contributed by atoms with van der Waals surface area (Å²) >= 11 is 0. The molecular weight excluding hydrogens is 387 g/mol. The Morgan fingerprint density at radius 2 is 1.59 bits per heavy atom. The van der Waals surface area contributed by atoms with Crippen LogP contribution in [-0.2, 0) is 9.59 Å². The lowest BCUT2D eigenvalue weighted by molar-refractivity contribution is -0.135. The normalized spacial score (nSPS) is 24.6. The van der Waals surface area contributed by atoms with E-state index in [1.165, 1.54) is 12.8 Å². The number of rotatable bonds is 6. The molecule has 1 aliphatic heterocycles. The second kappa shape index (κ2) is 12.8. The van der Waals surface area contributed by atoms with Crippen molar-refractivity contribution in [3.05, 3.63) is 0 Å². The van der Waals surface area contributed by atoms with Gasteiger partial charge in [-0.1, -0.05) is 20.8 Å². The molecule has 8 heteroatoms. The largest absolute Gasteiger partial charge is 0.352 e. The van der Waals surface area contributed by atoms with Gasteiger partial charge in [0.1, 0.15) is 0 Å². The van der Waals surface area contributed by atoms with Crippen molar-refractivity contribution in [2.24, 2.45) is 17.6 Å². The topological polar surface area (TPSA) is 78.7 Å². The van der Waals surface area contributed by atoms with Gasteiger partial charge in [-0.15, -0.1) is 24.8 Å². The molecule has 0 aromatic heterocycles. The highest BCUT2D eigenvalue weighted by Gasteiger charge is 2.27. The van der Waals surface area contributed by atoms with Gasteiger partial charge in [0.05, 0.1) is 12.6 Å². The number of carbonyl (C=O) groups is 2. The molecule has 1 atom stereocenters. The highest BCUT2D eigenvalue weighted by atomic mass is 35.5. The lowest BCUT2D eigenvalue weighted by atomic mass is 9.87. The molecule has 0 aromatic carbocycles. The SMILES string of the molecule is CC(C)C[C@H](N)C(=O)N1CCN(CC(=O)NC2CCC(C)CC2)CC1.Cl.Cl. The maximum absolute atomic E-state index is 12.4. The first kappa shape index (κ1) is 26.4. The molecule has 0 spiro atoms. The smallest absolute Gasteiger partial charge is 0.239 e. The molecule has 0 aromatic rings. The van der Waals surface area contributed by atoms with E-state index in [1.807, 2.05) is 4.90 Å². The Hall–Kier alpha value is -0.560. The number of hydrogen-bond donors (Lipinski definition) is 2. The van der Waals surface area contributed by atoms with E-state index >= 15 is 0 Å². The molecule has 1 heterocycles. The summed E-state index contributed by atoms with van der Waals surface area (Å²) in [6, 6.07) is -0.0517. The van der Waals surface area contributed by atoms with E-state index in [0.29, 0.717) is 31.6 Å². The van der Waals surface area contributed by atoms with E-state index in [1.54, 1.807) is 0 Å². The summed E-state index contributed by atoms with van der Waals surface area (Å²) in [4.78, 5) is 28.6. The molecule has 2 fully saturated rings. The van der Waals surface area contributed by atoms with E-state index in [0.717, 1.165) is 38.3 Å². The van der Waals surface area contributed by atoms with Crippen molar-refractivity contribution in [3.63, 3.8) is 0 Å². The van der Waals surface area contributed by atoms with Crippen molar-refractivity contribution in [2.45, 2.75) is 65.0 Å². The van der Waals surface area contributed by atoms with Gasteiger partial charge >= 0.3 is 0 Å². The quantitative estimate of drug-likeness (QED) is 0.683. The van der Waals surface area contributed by atoms with Crippen LogP contribution in [0.3, 0.4) is 0 Å². The number of hydrogen-bond acceptors (Lipinski definition) is 4. The first-order chi connectivity index (χ1) is 11.8. The highest BCUT2D eigenvalue weighted by molar-refractivity contribution is 5.85. The van der Waals surface area contributed by atoms with Gasteiger partial charge in [0.25, 0.3) is 0 Å². The van der Waals surface area contributed by atoms with Crippen LogP contribution in [0.2, 0.25) is 0 Å². The third-order valence-electron chi connectivity index (χ3n) is 5.47. The van der Waals surface area contributed by atoms with E-state index in [9.17, 15) is 9.59 Å². The average Bonchev–Trinajstić information content (AvgIpc) is 2.56. The predicted molar refractivity (Wildman–Crippen MR) is 115 cm³/mol. The zero-order valence-electron chi connectivity index (χ0n) is 17.0. The number of halogens is 2. The predicted octanol–water partition coefficient (Wildman–Crippen LogP) is 2.04. The van der Waals surface area contributed by atoms with Crippen molar-refractivity contribution < 1.29 is 9.59 Å². The minimum Gasteiger partial charge on any atom is -0.352 e. The fraction of sp³-hybridized carbons (Fsp3) is 0.895. The Bertz CT molecular complexity index is 449. The first-order valence-corrected chi connectivity index (χ1v) is 9.91. The third kappa shape index (κ3) is 8.99. The minimum absolute atomic E-state index is 0. The summed E-state index contributed by atoms with van der Waals surface area (Å²) in [5.74, 6) is 1.39. The zero-order chi connectivity index (χ0) is 18.4. The molecule has 1 saturated carbocycles. The van der Waals surface area contributed by atoms with Gasteiger partial charge in [0, 0.05) is 32.2 Å². The highest BCUT2D eigenvalue weighted by Crippen LogP contribution is 2.23. The monoisotopic (exact) mass is 424 g/mol. The minimum atomic E-state index is -0.399. The Morgan fingerprint density at radius 1 is 1.04 bits per heavy atom. The third-order valence-corrected chi connectivity index (χ3v) is 5.47. The van der Waals surface area contributed by atoms with Crippen molar-refractivity contribution in [2.75, 3.05) is 32.7 Å². The molecule has 0 bridgehead atoms. The molecule has 2 aliphatic rings. The molecular formula is C19H38Cl2N4O2. The maximum Gasteiger partial charge on any atom is 0.239 e. The van der Waals surface area contributed by atoms with Gasteiger partial charge in [0.15, 0.2) is 0 Å². The number of nitrogens with zero attached hydrogens (tertiary/aromatic N) is 2. The number of nitrogens with two attached hydrogens (primary N) is 1. The summed E-state index contributed by atoms with van der Waals surface area (Å²) in [7, 11) is 0. The zero-order valence-corrected chi connectivity index (χ0v) is 18.6. The van der Waals surface area contributed by atoms with Crippen LogP contribution in [0.15, 0.2) is 0 Å². The maximum atomic E-state index is 12.4. The fourth-order valence-corrected chi connectivity index (χ4v) is 3.85. The Kier molecular flexibility index (Phi) is 12.5. The molecule has 0 radical (unpaired) electrons. The lowest BCUT2D eigenvalue weighted by Crippen LogP contribution is -2.55. The Balaban J connectivity index is 0.00000338. The van der Waals surface area contributed by atoms with Gasteiger partial charge in [-0.3, -0.25) is 14.5 Å². The summed E-state index contributed by atoms with van der Waals surface area (Å²) < 4.78 is 0. The fourth-order valence-electron chi connectivity index (χ4n) is 3.85. The van der Waals surface area contributed by atoms with Crippen LogP contribution < -0.4 is 11.1 Å². The van der Waals surface area contributed by atoms with Crippen LogP contribution in [-0.4, -0.2) is 66.4 Å². The van der Waals surface area contributed by atoms with Gasteiger partial charge < -0.3 is 16.0 Å². The van der Waals surface area contributed by atoms with Gasteiger partial charge in [-0.25, -0.2) is 0 Å². The summed E-state index contributed by atoms with van der Waals surface area (Å²) in [6.07, 6.45) is 5.35. The van der Waals surface area contributed by atoms with Crippen LogP contribution in [0.25, 0.3) is 0 Å². The molecule has 6 nitrogen and oxygen atoms in total. The van der Waals surface area contributed by atoms with E-state index < -0.39 is 6.04 Å². The first-order valence-electron chi connectivity index (χ1n) is 9.91. The van der Waals surface area contributed by atoms with Crippen molar-refractivity contribution in [1.82, 2.24) is 15.1 Å². The second-order valence-corrected chi connectivity index (χ2v) is 8.36. The molecule has 3 N–H and O–H groups in total. The lowest BCUT2D eigenvalue weighted by Gasteiger charge is -2.36. The van der Waals surface area contributed by atoms with E-state index in [4.69, 9.17) is 5.73 Å². The van der Waals surface area contributed by atoms with E-state index in [-0.39, 0.29) is 36.6 Å². The van der Waals surface area contributed by atoms with Gasteiger partial charge in [-0.05, 0) is 43.9 Å². The summed E-state index contributed by atoms with van der Waals surface area (Å²) in [6.45, 7) is 9.70. The van der Waals surface area contributed by atoms with Crippen LogP contribution in [0, 0.1) is 11.8 Å². The van der Waals surface area contributed by atoms with E-state index in [2.05, 4.69) is 31.0 Å². The van der Waals surface area contributed by atoms with Crippen LogP contribution in [0.4, 0.5) is 0 Å². The number of piperazine rings is 1. The molecule has 0 unspecified atom stereocenters. The molecule has 2 amide bonds. The molecule has 2 rings (SSSR count). The molecule has 1 aliphatic carbocycles. The van der Waals surface area contributed by atoms with Crippen molar-refractivity contribution >= 4 is 36.6 Å². The number of carbonyl (C=O) groups excluding carboxylic acids is 2. The van der Waals surface area contributed by atoms with Gasteiger partial charge in [0.2, 0.25) is 11.8 Å². The molecule has 27 heavy (non-hydrogen) atoms.